The van der Waals surface area contributed by atoms with Gasteiger partial charge in [0.1, 0.15) is 0 Å². The Kier molecular flexibility index (Phi) is 5.18. The molecular weight excluding hydrogens is 276 g/mol. The van der Waals surface area contributed by atoms with Gasteiger partial charge in [-0.25, -0.2) is 5.43 Å². The topological polar surface area (TPSA) is 41.5 Å². The quantitative estimate of drug-likeness (QED) is 0.521. The van der Waals surface area contributed by atoms with Crippen LogP contribution in [0.3, 0.4) is 0 Å². The van der Waals surface area contributed by atoms with Gasteiger partial charge in [0, 0.05) is 9.77 Å². The molecule has 1 aromatic heterocycles. The Morgan fingerprint density at radius 2 is 2.16 bits per heavy atom. The summed E-state index contributed by atoms with van der Waals surface area (Å²) >= 11 is 3.10. The Labute approximate surface area is 120 Å². The molecule has 1 heterocycles. The molecule has 0 unspecified atom stereocenters. The Morgan fingerprint density at radius 1 is 1.37 bits per heavy atom. The van der Waals surface area contributed by atoms with Gasteiger partial charge in [-0.3, -0.25) is 4.79 Å². The maximum Gasteiger partial charge on any atom is 0.250 e. The number of hydrogen-bond acceptors (Lipinski definition) is 4. The van der Waals surface area contributed by atoms with Crippen LogP contribution in [-0.2, 0) is 4.79 Å². The summed E-state index contributed by atoms with van der Waals surface area (Å²) < 4.78 is 0. The van der Waals surface area contributed by atoms with Crippen molar-refractivity contribution in [2.45, 2.75) is 11.8 Å². The van der Waals surface area contributed by atoms with Gasteiger partial charge in [0.2, 0.25) is 5.91 Å². The molecule has 5 heteroatoms. The lowest BCUT2D eigenvalue weighted by atomic mass is 10.3. The number of benzene rings is 1. The van der Waals surface area contributed by atoms with Gasteiger partial charge in [0.25, 0.3) is 0 Å². The third kappa shape index (κ3) is 4.54. The summed E-state index contributed by atoms with van der Waals surface area (Å²) in [5.41, 5.74) is 3.70. The predicted molar refractivity (Wildman–Crippen MR) is 82.0 cm³/mol. The molecule has 1 N–H and O–H groups in total. The summed E-state index contributed by atoms with van der Waals surface area (Å²) in [5, 5.41) is 5.96. The summed E-state index contributed by atoms with van der Waals surface area (Å²) in [6.07, 6.45) is 1.69. The van der Waals surface area contributed by atoms with E-state index >= 15 is 0 Å². The number of hydrazone groups is 1. The third-order valence-electron chi connectivity index (χ3n) is 2.39. The van der Waals surface area contributed by atoms with Gasteiger partial charge in [-0.05, 0) is 36.1 Å². The van der Waals surface area contributed by atoms with Crippen LogP contribution < -0.4 is 5.43 Å². The summed E-state index contributed by atoms with van der Waals surface area (Å²) in [6, 6.07) is 11.9. The molecule has 3 nitrogen and oxygen atoms in total. The molecule has 0 aliphatic carbocycles. The molecule has 0 aliphatic rings. The number of thiophene rings is 1. The van der Waals surface area contributed by atoms with Crippen molar-refractivity contribution in [1.29, 1.82) is 0 Å². The first-order valence-electron chi connectivity index (χ1n) is 5.79. The summed E-state index contributed by atoms with van der Waals surface area (Å²) in [7, 11) is 0. The van der Waals surface area contributed by atoms with Gasteiger partial charge in [0.05, 0.1) is 12.0 Å². The minimum absolute atomic E-state index is 0.0979. The van der Waals surface area contributed by atoms with Crippen LogP contribution in [0.2, 0.25) is 0 Å². The van der Waals surface area contributed by atoms with E-state index in [0.717, 1.165) is 9.77 Å². The van der Waals surface area contributed by atoms with E-state index in [0.29, 0.717) is 5.75 Å². The highest BCUT2D eigenvalue weighted by Gasteiger charge is 2.01. The van der Waals surface area contributed by atoms with E-state index < -0.39 is 0 Å². The van der Waals surface area contributed by atoms with Crippen molar-refractivity contribution in [3.63, 3.8) is 0 Å². The molecule has 0 saturated heterocycles. The van der Waals surface area contributed by atoms with E-state index in [9.17, 15) is 4.79 Å². The Balaban J connectivity index is 1.76. The second-order valence-electron chi connectivity index (χ2n) is 3.86. The number of aryl methyl sites for hydroxylation is 1. The van der Waals surface area contributed by atoms with E-state index in [4.69, 9.17) is 0 Å². The number of rotatable bonds is 5. The fraction of sp³-hybridized carbons (Fsp3) is 0.143. The molecule has 0 spiro atoms. The normalized spacial score (nSPS) is 10.8. The Hall–Kier alpha value is -1.59. The van der Waals surface area contributed by atoms with Crippen molar-refractivity contribution in [2.75, 3.05) is 5.75 Å². The molecule has 98 valence electrons. The van der Waals surface area contributed by atoms with Crippen LogP contribution in [-0.4, -0.2) is 17.9 Å². The second-order valence-corrected chi connectivity index (χ2v) is 5.86. The van der Waals surface area contributed by atoms with Crippen LogP contribution in [0.15, 0.2) is 51.8 Å². The van der Waals surface area contributed by atoms with Crippen molar-refractivity contribution in [2.24, 2.45) is 5.10 Å². The molecule has 0 saturated carbocycles. The molecule has 0 fully saturated rings. The highest BCUT2D eigenvalue weighted by Crippen LogP contribution is 2.16. The number of amides is 1. The van der Waals surface area contributed by atoms with Crippen molar-refractivity contribution >= 4 is 35.2 Å². The van der Waals surface area contributed by atoms with Crippen LogP contribution in [0.25, 0.3) is 0 Å². The zero-order valence-electron chi connectivity index (χ0n) is 10.5. The molecule has 0 atom stereocenters. The van der Waals surface area contributed by atoms with E-state index in [2.05, 4.69) is 10.5 Å². The van der Waals surface area contributed by atoms with Crippen molar-refractivity contribution in [3.05, 3.63) is 52.2 Å². The monoisotopic (exact) mass is 290 g/mol. The average molecular weight is 290 g/mol. The van der Waals surface area contributed by atoms with Gasteiger partial charge >= 0.3 is 0 Å². The zero-order valence-corrected chi connectivity index (χ0v) is 12.1. The lowest BCUT2D eigenvalue weighted by molar-refractivity contribution is -0.118. The van der Waals surface area contributed by atoms with E-state index in [1.54, 1.807) is 17.6 Å². The van der Waals surface area contributed by atoms with Gasteiger partial charge in [0.15, 0.2) is 0 Å². The fourth-order valence-corrected chi connectivity index (χ4v) is 2.88. The predicted octanol–water partition coefficient (Wildman–Crippen LogP) is 3.30. The molecule has 1 aromatic carbocycles. The molecular formula is C14H14N2OS2. The largest absolute Gasteiger partial charge is 0.272 e. The average Bonchev–Trinajstić information content (AvgIpc) is 2.83. The lowest BCUT2D eigenvalue weighted by Crippen LogP contribution is -2.19. The maximum absolute atomic E-state index is 11.6. The van der Waals surface area contributed by atoms with Crippen LogP contribution >= 0.6 is 23.1 Å². The van der Waals surface area contributed by atoms with Crippen LogP contribution in [0, 0.1) is 6.92 Å². The van der Waals surface area contributed by atoms with Gasteiger partial charge < -0.3 is 0 Å². The molecule has 2 rings (SSSR count). The van der Waals surface area contributed by atoms with Crippen molar-refractivity contribution in [1.82, 2.24) is 5.43 Å². The summed E-state index contributed by atoms with van der Waals surface area (Å²) in [6.45, 7) is 2.02. The second kappa shape index (κ2) is 7.11. The first-order valence-corrected chi connectivity index (χ1v) is 7.66. The van der Waals surface area contributed by atoms with Crippen LogP contribution in [0.5, 0.6) is 0 Å². The maximum atomic E-state index is 11.6. The van der Waals surface area contributed by atoms with Crippen molar-refractivity contribution in [3.8, 4) is 0 Å². The number of nitrogens with one attached hydrogen (secondary N) is 1. The number of thioether (sulfide) groups is 1. The Bertz CT molecular complexity index is 564. The molecule has 0 bridgehead atoms. The highest BCUT2D eigenvalue weighted by molar-refractivity contribution is 8.00. The van der Waals surface area contributed by atoms with E-state index in [1.807, 2.05) is 48.7 Å². The Morgan fingerprint density at radius 3 is 2.84 bits per heavy atom. The first-order chi connectivity index (χ1) is 9.25. The number of hydrogen-bond donors (Lipinski definition) is 1. The minimum Gasteiger partial charge on any atom is -0.272 e. The first kappa shape index (κ1) is 13.8. The van der Waals surface area contributed by atoms with E-state index in [1.165, 1.54) is 17.3 Å². The summed E-state index contributed by atoms with van der Waals surface area (Å²) in [4.78, 5) is 13.7. The molecule has 2 aromatic rings. The van der Waals surface area contributed by atoms with Gasteiger partial charge in [-0.1, -0.05) is 18.2 Å². The molecule has 19 heavy (non-hydrogen) atoms. The van der Waals surface area contributed by atoms with Crippen molar-refractivity contribution < 1.29 is 4.79 Å². The third-order valence-corrected chi connectivity index (χ3v) is 4.35. The highest BCUT2D eigenvalue weighted by atomic mass is 32.2. The van der Waals surface area contributed by atoms with E-state index in [-0.39, 0.29) is 5.91 Å². The molecule has 0 aliphatic heterocycles. The summed E-state index contributed by atoms with van der Waals surface area (Å²) in [5.74, 6) is 0.268. The minimum atomic E-state index is -0.0979. The number of nitrogens with zero attached hydrogens (tertiary/aromatic N) is 1. The number of carbonyl (C=O) groups excluding carboxylic acids is 1. The van der Waals surface area contributed by atoms with Gasteiger partial charge in [-0.15, -0.1) is 23.1 Å². The van der Waals surface area contributed by atoms with Crippen LogP contribution in [0.1, 0.15) is 10.4 Å². The smallest absolute Gasteiger partial charge is 0.250 e. The molecule has 1 amide bonds. The lowest BCUT2D eigenvalue weighted by Gasteiger charge is -2.00. The number of carbonyl (C=O) groups is 1. The fourth-order valence-electron chi connectivity index (χ4n) is 1.38. The van der Waals surface area contributed by atoms with Crippen LogP contribution in [0.4, 0.5) is 0 Å². The SMILES string of the molecule is Cc1ccsc1/C=N\NC(=O)CSc1ccccc1. The van der Waals surface area contributed by atoms with Gasteiger partial charge in [-0.2, -0.15) is 5.10 Å². The zero-order chi connectivity index (χ0) is 13.5. The molecule has 0 radical (unpaired) electrons. The standard InChI is InChI=1S/C14H14N2OS2/c1-11-7-8-18-13(11)9-15-16-14(17)10-19-12-5-3-2-4-6-12/h2-9H,10H2,1H3,(H,16,17)/b15-9-.